The van der Waals surface area contributed by atoms with Crippen LogP contribution < -0.4 is 0 Å². The zero-order chi connectivity index (χ0) is 13.9. The van der Waals surface area contributed by atoms with Gasteiger partial charge in [-0.05, 0) is 29.8 Å². The molecule has 0 spiro atoms. The molecule has 4 nitrogen and oxygen atoms in total. The molecule has 0 atom stereocenters. The number of ketones is 1. The van der Waals surface area contributed by atoms with E-state index in [0.717, 1.165) is 0 Å². The molecule has 0 aliphatic carbocycles. The quantitative estimate of drug-likeness (QED) is 0.780. The number of carbonyl (C=O) groups excluding carboxylic acids is 1. The number of hydrogen-bond donors (Lipinski definition) is 0. The Bertz CT molecular complexity index is 429. The van der Waals surface area contributed by atoms with E-state index in [1.165, 1.54) is 10.9 Å². The molecule has 18 heavy (non-hydrogen) atoms. The molecule has 1 rings (SSSR count). The van der Waals surface area contributed by atoms with Gasteiger partial charge in [0.25, 0.3) is 0 Å². The highest BCUT2D eigenvalue weighted by atomic mass is 79.9. The highest BCUT2D eigenvalue weighted by Gasteiger charge is 2.28. The topological polar surface area (TPSA) is 44.1 Å². The lowest BCUT2D eigenvalue weighted by atomic mass is 10.2. The van der Waals surface area contributed by atoms with Crippen molar-refractivity contribution in [3.63, 3.8) is 0 Å². The average molecular weight is 329 g/mol. The van der Waals surface area contributed by atoms with Crippen LogP contribution in [0.1, 0.15) is 30.4 Å². The average Bonchev–Trinajstić information content (AvgIpc) is 2.58. The fourth-order valence-electron chi connectivity index (χ4n) is 1.32. The third kappa shape index (κ3) is 4.09. The van der Waals surface area contributed by atoms with Crippen LogP contribution in [-0.4, -0.2) is 35.0 Å². The molecule has 0 fully saturated rings. The van der Waals surface area contributed by atoms with Gasteiger partial charge in [-0.2, -0.15) is 18.3 Å². The van der Waals surface area contributed by atoms with E-state index in [2.05, 4.69) is 25.8 Å². The number of alkyl halides is 3. The second-order valence-electron chi connectivity index (χ2n) is 3.91. The summed E-state index contributed by atoms with van der Waals surface area (Å²) >= 11 is 3.14. The lowest BCUT2D eigenvalue weighted by molar-refractivity contribution is -0.170. The largest absolute Gasteiger partial charge is 0.411 e. The molecular formula is C10H12BrF3N2O2. The lowest BCUT2D eigenvalue weighted by Gasteiger charge is -2.11. The Morgan fingerprint density at radius 2 is 2.17 bits per heavy atom. The second-order valence-corrected chi connectivity index (χ2v) is 4.76. The minimum Gasteiger partial charge on any atom is -0.364 e. The smallest absolute Gasteiger partial charge is 0.364 e. The number of Topliss-reactive ketones (excluding diaryl/α,β-unsaturated/α-hetero) is 1. The Balaban J connectivity index is 2.70. The van der Waals surface area contributed by atoms with Crippen molar-refractivity contribution in [3.8, 4) is 0 Å². The van der Waals surface area contributed by atoms with E-state index < -0.39 is 25.2 Å². The fourth-order valence-corrected chi connectivity index (χ4v) is 1.82. The molecule has 0 radical (unpaired) electrons. The maximum atomic E-state index is 11.9. The molecule has 1 aromatic heterocycles. The van der Waals surface area contributed by atoms with Crippen molar-refractivity contribution in [1.82, 2.24) is 9.78 Å². The van der Waals surface area contributed by atoms with Crippen molar-refractivity contribution in [2.75, 3.05) is 13.2 Å². The summed E-state index contributed by atoms with van der Waals surface area (Å²) in [6.45, 7) is 1.56. The number of ether oxygens (including phenoxy) is 1. The standard InChI is InChI=1S/C10H12BrF3N2O2/c1-6(2)16-9(7(11)3-15-16)8(17)4-18-5-10(12,13)14/h3,6H,4-5H2,1-2H3. The molecule has 102 valence electrons. The minimum atomic E-state index is -4.43. The molecule has 0 N–H and O–H groups in total. The van der Waals surface area contributed by atoms with E-state index in [0.29, 0.717) is 4.47 Å². The summed E-state index contributed by atoms with van der Waals surface area (Å²) in [6.07, 6.45) is -3.01. The number of rotatable bonds is 5. The van der Waals surface area contributed by atoms with Gasteiger partial charge in [0, 0.05) is 6.04 Å². The van der Waals surface area contributed by atoms with Crippen LogP contribution >= 0.6 is 15.9 Å². The van der Waals surface area contributed by atoms with E-state index in [1.807, 2.05) is 13.8 Å². The predicted octanol–water partition coefficient (Wildman–Crippen LogP) is 2.99. The number of carbonyl (C=O) groups is 1. The number of halogens is 4. The molecule has 1 heterocycles. The Kier molecular flexibility index (Phi) is 4.92. The van der Waals surface area contributed by atoms with Gasteiger partial charge in [0.05, 0.1) is 10.7 Å². The third-order valence-electron chi connectivity index (χ3n) is 2.00. The van der Waals surface area contributed by atoms with E-state index in [1.54, 1.807) is 0 Å². The first-order valence-electron chi connectivity index (χ1n) is 5.13. The van der Waals surface area contributed by atoms with E-state index in [9.17, 15) is 18.0 Å². The molecule has 0 bridgehead atoms. The maximum Gasteiger partial charge on any atom is 0.411 e. The van der Waals surface area contributed by atoms with Crippen molar-refractivity contribution in [3.05, 3.63) is 16.4 Å². The van der Waals surface area contributed by atoms with Crippen molar-refractivity contribution < 1.29 is 22.7 Å². The highest BCUT2D eigenvalue weighted by molar-refractivity contribution is 9.10. The summed E-state index contributed by atoms with van der Waals surface area (Å²) in [7, 11) is 0. The maximum absolute atomic E-state index is 11.9. The van der Waals surface area contributed by atoms with Gasteiger partial charge in [-0.3, -0.25) is 9.48 Å². The predicted molar refractivity (Wildman–Crippen MR) is 61.5 cm³/mol. The van der Waals surface area contributed by atoms with Gasteiger partial charge < -0.3 is 4.74 Å². The number of aromatic nitrogens is 2. The molecule has 0 saturated carbocycles. The summed E-state index contributed by atoms with van der Waals surface area (Å²) in [6, 6.07) is -0.0714. The second kappa shape index (κ2) is 5.83. The first-order chi connectivity index (χ1) is 8.22. The summed E-state index contributed by atoms with van der Waals surface area (Å²) in [4.78, 5) is 11.8. The molecule has 0 unspecified atom stereocenters. The first-order valence-corrected chi connectivity index (χ1v) is 5.92. The number of nitrogens with zero attached hydrogens (tertiary/aromatic N) is 2. The highest BCUT2D eigenvalue weighted by Crippen LogP contribution is 2.20. The van der Waals surface area contributed by atoms with Crippen LogP contribution in [-0.2, 0) is 4.74 Å². The van der Waals surface area contributed by atoms with Crippen molar-refractivity contribution in [2.24, 2.45) is 0 Å². The van der Waals surface area contributed by atoms with Crippen molar-refractivity contribution in [2.45, 2.75) is 26.1 Å². The van der Waals surface area contributed by atoms with Gasteiger partial charge >= 0.3 is 6.18 Å². The Labute approximate surface area is 110 Å². The molecular weight excluding hydrogens is 317 g/mol. The Morgan fingerprint density at radius 3 is 2.67 bits per heavy atom. The molecule has 0 aromatic carbocycles. The molecule has 8 heteroatoms. The zero-order valence-corrected chi connectivity index (χ0v) is 11.4. The third-order valence-corrected chi connectivity index (χ3v) is 2.58. The lowest BCUT2D eigenvalue weighted by Crippen LogP contribution is -2.22. The Hall–Kier alpha value is -0.890. The van der Waals surface area contributed by atoms with Crippen LogP contribution in [0.3, 0.4) is 0 Å². The van der Waals surface area contributed by atoms with Crippen LogP contribution in [0.4, 0.5) is 13.2 Å². The van der Waals surface area contributed by atoms with E-state index >= 15 is 0 Å². The van der Waals surface area contributed by atoms with E-state index in [4.69, 9.17) is 0 Å². The summed E-state index contributed by atoms with van der Waals surface area (Å²) in [5.74, 6) is -0.544. The first kappa shape index (κ1) is 15.2. The molecule has 0 amide bonds. The molecule has 0 saturated heterocycles. The molecule has 0 aliphatic rings. The minimum absolute atomic E-state index is 0.0714. The van der Waals surface area contributed by atoms with Crippen LogP contribution in [0.15, 0.2) is 10.7 Å². The van der Waals surface area contributed by atoms with Gasteiger partial charge in [-0.1, -0.05) is 0 Å². The van der Waals surface area contributed by atoms with Crippen LogP contribution in [0.25, 0.3) is 0 Å². The SMILES string of the molecule is CC(C)n1ncc(Br)c1C(=O)COCC(F)(F)F. The zero-order valence-electron chi connectivity index (χ0n) is 9.79. The van der Waals surface area contributed by atoms with E-state index in [-0.39, 0.29) is 11.7 Å². The normalized spacial score (nSPS) is 12.2. The van der Waals surface area contributed by atoms with Gasteiger partial charge in [0.1, 0.15) is 18.9 Å². The Morgan fingerprint density at radius 1 is 1.56 bits per heavy atom. The van der Waals surface area contributed by atoms with Gasteiger partial charge in [-0.15, -0.1) is 0 Å². The van der Waals surface area contributed by atoms with Crippen molar-refractivity contribution >= 4 is 21.7 Å². The fraction of sp³-hybridized carbons (Fsp3) is 0.600. The van der Waals surface area contributed by atoms with Crippen LogP contribution in [0, 0.1) is 0 Å². The van der Waals surface area contributed by atoms with Gasteiger partial charge in [0.15, 0.2) is 0 Å². The van der Waals surface area contributed by atoms with Gasteiger partial charge in [-0.25, -0.2) is 0 Å². The molecule has 1 aromatic rings. The molecule has 0 aliphatic heterocycles. The summed E-state index contributed by atoms with van der Waals surface area (Å²) in [5.41, 5.74) is 0.215. The van der Waals surface area contributed by atoms with Crippen LogP contribution in [0.5, 0.6) is 0 Å². The van der Waals surface area contributed by atoms with Crippen molar-refractivity contribution in [1.29, 1.82) is 0 Å². The number of hydrogen-bond acceptors (Lipinski definition) is 3. The monoisotopic (exact) mass is 328 g/mol. The van der Waals surface area contributed by atoms with Gasteiger partial charge in [0.2, 0.25) is 5.78 Å². The van der Waals surface area contributed by atoms with Crippen LogP contribution in [0.2, 0.25) is 0 Å². The summed E-state index contributed by atoms with van der Waals surface area (Å²) in [5, 5.41) is 3.96. The summed E-state index contributed by atoms with van der Waals surface area (Å²) < 4.78 is 41.8.